The number of nitrogens with zero attached hydrogens (tertiary/aromatic N) is 2. The molecule has 0 radical (unpaired) electrons. The first-order chi connectivity index (χ1) is 13.5. The standard InChI is InChI=1S/C20H18FN3O4/c1-13-8-9-14(21)10-16(13)22-18(25)12-28-20(26)19-17(27-2)11-24(23-19)15-6-4-3-5-7-15/h3-11H,12H2,1-2H3,(H,22,25). The molecule has 8 heteroatoms. The molecule has 1 amide bonds. The summed E-state index contributed by atoms with van der Waals surface area (Å²) in [6.07, 6.45) is 1.54. The average Bonchev–Trinajstić information content (AvgIpc) is 3.14. The lowest BCUT2D eigenvalue weighted by molar-refractivity contribution is -0.119. The number of ether oxygens (including phenoxy) is 2. The van der Waals surface area contributed by atoms with Crippen molar-refractivity contribution in [1.29, 1.82) is 0 Å². The molecule has 0 atom stereocenters. The summed E-state index contributed by atoms with van der Waals surface area (Å²) in [6, 6.07) is 13.2. The number of anilines is 1. The highest BCUT2D eigenvalue weighted by Crippen LogP contribution is 2.20. The van der Waals surface area contributed by atoms with Crippen molar-refractivity contribution in [2.75, 3.05) is 19.0 Å². The van der Waals surface area contributed by atoms with Crippen LogP contribution < -0.4 is 10.1 Å². The number of carbonyl (C=O) groups is 2. The number of amides is 1. The first-order valence-corrected chi connectivity index (χ1v) is 8.40. The van der Waals surface area contributed by atoms with Crippen LogP contribution >= 0.6 is 0 Å². The van der Waals surface area contributed by atoms with Crippen LogP contribution in [0.5, 0.6) is 5.75 Å². The van der Waals surface area contributed by atoms with Crippen molar-refractivity contribution in [2.24, 2.45) is 0 Å². The monoisotopic (exact) mass is 383 g/mol. The number of para-hydroxylation sites is 1. The van der Waals surface area contributed by atoms with Gasteiger partial charge in [-0.15, -0.1) is 0 Å². The van der Waals surface area contributed by atoms with Crippen molar-refractivity contribution in [2.45, 2.75) is 6.92 Å². The van der Waals surface area contributed by atoms with E-state index in [1.54, 1.807) is 13.1 Å². The number of halogens is 1. The Morgan fingerprint density at radius 1 is 1.18 bits per heavy atom. The zero-order chi connectivity index (χ0) is 20.1. The van der Waals surface area contributed by atoms with E-state index in [0.29, 0.717) is 11.3 Å². The molecular weight excluding hydrogens is 365 g/mol. The van der Waals surface area contributed by atoms with Crippen molar-refractivity contribution >= 4 is 17.6 Å². The summed E-state index contributed by atoms with van der Waals surface area (Å²) >= 11 is 0. The van der Waals surface area contributed by atoms with Crippen LogP contribution in [-0.2, 0) is 9.53 Å². The van der Waals surface area contributed by atoms with Crippen LogP contribution in [-0.4, -0.2) is 35.4 Å². The summed E-state index contributed by atoms with van der Waals surface area (Å²) in [4.78, 5) is 24.4. The fourth-order valence-corrected chi connectivity index (χ4v) is 2.48. The number of benzene rings is 2. The lowest BCUT2D eigenvalue weighted by Crippen LogP contribution is -2.22. The lowest BCUT2D eigenvalue weighted by atomic mass is 10.2. The Balaban J connectivity index is 1.67. The fraction of sp³-hybridized carbons (Fsp3) is 0.150. The van der Waals surface area contributed by atoms with Crippen LogP contribution in [0.3, 0.4) is 0 Å². The molecule has 3 rings (SSSR count). The van der Waals surface area contributed by atoms with Gasteiger partial charge >= 0.3 is 5.97 Å². The van der Waals surface area contributed by atoms with Crippen molar-refractivity contribution in [3.8, 4) is 11.4 Å². The molecule has 144 valence electrons. The summed E-state index contributed by atoms with van der Waals surface area (Å²) in [5.74, 6) is -1.66. The Bertz CT molecular complexity index is 1000. The molecule has 0 aliphatic carbocycles. The van der Waals surface area contributed by atoms with Gasteiger partial charge in [0.25, 0.3) is 5.91 Å². The van der Waals surface area contributed by atoms with Crippen LogP contribution in [0.1, 0.15) is 16.1 Å². The maximum atomic E-state index is 13.3. The number of rotatable bonds is 6. The van der Waals surface area contributed by atoms with E-state index in [9.17, 15) is 14.0 Å². The molecule has 1 N–H and O–H groups in total. The molecule has 0 bridgehead atoms. The third-order valence-electron chi connectivity index (χ3n) is 3.92. The zero-order valence-electron chi connectivity index (χ0n) is 15.3. The van der Waals surface area contributed by atoms with Gasteiger partial charge in [-0.1, -0.05) is 24.3 Å². The van der Waals surface area contributed by atoms with Crippen LogP contribution in [0, 0.1) is 12.7 Å². The Hall–Kier alpha value is -3.68. The predicted molar refractivity (Wildman–Crippen MR) is 100 cm³/mol. The highest BCUT2D eigenvalue weighted by Gasteiger charge is 2.21. The number of carbonyl (C=O) groups excluding carboxylic acids is 2. The molecule has 7 nitrogen and oxygen atoms in total. The van der Waals surface area contributed by atoms with Crippen LogP contribution in [0.4, 0.5) is 10.1 Å². The number of hydrogen-bond acceptors (Lipinski definition) is 5. The number of esters is 1. The van der Waals surface area contributed by atoms with Crippen molar-refractivity contribution in [3.05, 3.63) is 71.8 Å². The molecule has 28 heavy (non-hydrogen) atoms. The summed E-state index contributed by atoms with van der Waals surface area (Å²) in [6.45, 7) is 1.18. The van der Waals surface area contributed by atoms with E-state index in [2.05, 4.69) is 10.4 Å². The normalized spacial score (nSPS) is 10.4. The maximum absolute atomic E-state index is 13.3. The Morgan fingerprint density at radius 2 is 1.93 bits per heavy atom. The highest BCUT2D eigenvalue weighted by molar-refractivity contribution is 5.96. The second kappa shape index (κ2) is 8.34. The largest absolute Gasteiger partial charge is 0.493 e. The number of aromatic nitrogens is 2. The minimum Gasteiger partial charge on any atom is -0.493 e. The second-order valence-electron chi connectivity index (χ2n) is 5.91. The topological polar surface area (TPSA) is 82.5 Å². The van der Waals surface area contributed by atoms with E-state index in [1.165, 1.54) is 30.0 Å². The molecule has 1 aromatic heterocycles. The third kappa shape index (κ3) is 4.35. The first-order valence-electron chi connectivity index (χ1n) is 8.40. The van der Waals surface area contributed by atoms with E-state index in [-0.39, 0.29) is 11.4 Å². The van der Waals surface area contributed by atoms with Gasteiger partial charge in [-0.3, -0.25) is 4.79 Å². The molecule has 0 unspecified atom stereocenters. The van der Waals surface area contributed by atoms with Gasteiger partial charge in [0.15, 0.2) is 12.4 Å². The highest BCUT2D eigenvalue weighted by atomic mass is 19.1. The maximum Gasteiger partial charge on any atom is 0.363 e. The van der Waals surface area contributed by atoms with Gasteiger partial charge < -0.3 is 14.8 Å². The van der Waals surface area contributed by atoms with E-state index in [0.717, 1.165) is 5.69 Å². The van der Waals surface area contributed by atoms with E-state index >= 15 is 0 Å². The quantitative estimate of drug-likeness (QED) is 0.662. The van der Waals surface area contributed by atoms with Gasteiger partial charge in [0, 0.05) is 5.69 Å². The van der Waals surface area contributed by atoms with Gasteiger partial charge in [0.05, 0.1) is 19.0 Å². The van der Waals surface area contributed by atoms with E-state index < -0.39 is 24.3 Å². The van der Waals surface area contributed by atoms with Crippen molar-refractivity contribution in [1.82, 2.24) is 9.78 Å². The molecule has 3 aromatic rings. The smallest absolute Gasteiger partial charge is 0.363 e. The number of hydrogen-bond donors (Lipinski definition) is 1. The summed E-state index contributed by atoms with van der Waals surface area (Å²) in [5.41, 5.74) is 1.68. The minimum absolute atomic E-state index is 0.0545. The average molecular weight is 383 g/mol. The van der Waals surface area contributed by atoms with Crippen LogP contribution in [0.2, 0.25) is 0 Å². The predicted octanol–water partition coefficient (Wildman–Crippen LogP) is 3.12. The van der Waals surface area contributed by atoms with E-state index in [1.807, 2.05) is 30.3 Å². The first kappa shape index (κ1) is 19.1. The molecule has 0 fully saturated rings. The molecule has 0 saturated heterocycles. The molecular formula is C20H18FN3O4. The molecule has 0 aliphatic rings. The van der Waals surface area contributed by atoms with Crippen molar-refractivity contribution < 1.29 is 23.5 Å². The molecule has 1 heterocycles. The van der Waals surface area contributed by atoms with Crippen molar-refractivity contribution in [3.63, 3.8) is 0 Å². The Morgan fingerprint density at radius 3 is 2.64 bits per heavy atom. The number of aryl methyl sites for hydroxylation is 1. The van der Waals surface area contributed by atoms with Crippen LogP contribution in [0.15, 0.2) is 54.7 Å². The summed E-state index contributed by atoms with van der Waals surface area (Å²) < 4.78 is 25.0. The van der Waals surface area contributed by atoms with Gasteiger partial charge in [-0.05, 0) is 36.8 Å². The SMILES string of the molecule is COc1cn(-c2ccccc2)nc1C(=O)OCC(=O)Nc1cc(F)ccc1C. The molecule has 2 aromatic carbocycles. The summed E-state index contributed by atoms with van der Waals surface area (Å²) in [7, 11) is 1.41. The second-order valence-corrected chi connectivity index (χ2v) is 5.91. The number of nitrogens with one attached hydrogen (secondary N) is 1. The van der Waals surface area contributed by atoms with Gasteiger partial charge in [0.1, 0.15) is 5.82 Å². The van der Waals surface area contributed by atoms with Gasteiger partial charge in [0.2, 0.25) is 5.69 Å². The van der Waals surface area contributed by atoms with E-state index in [4.69, 9.17) is 9.47 Å². The van der Waals surface area contributed by atoms with Gasteiger partial charge in [-0.25, -0.2) is 13.9 Å². The van der Waals surface area contributed by atoms with Gasteiger partial charge in [-0.2, -0.15) is 5.10 Å². The van der Waals surface area contributed by atoms with Crippen LogP contribution in [0.25, 0.3) is 5.69 Å². The number of methoxy groups -OCH3 is 1. The third-order valence-corrected chi connectivity index (χ3v) is 3.92. The fourth-order valence-electron chi connectivity index (χ4n) is 2.48. The Kier molecular flexibility index (Phi) is 5.69. The molecule has 0 spiro atoms. The molecule has 0 saturated carbocycles. The minimum atomic E-state index is -0.808. The molecule has 0 aliphatic heterocycles. The Labute approximate surface area is 160 Å². The summed E-state index contributed by atoms with van der Waals surface area (Å²) in [5, 5.41) is 6.68. The lowest BCUT2D eigenvalue weighted by Gasteiger charge is -2.09. The zero-order valence-corrected chi connectivity index (χ0v) is 15.3.